The Kier molecular flexibility index (Phi) is 4.37. The van der Waals surface area contributed by atoms with E-state index >= 15 is 0 Å². The predicted molar refractivity (Wildman–Crippen MR) is 33.4 cm³/mol. The maximum absolute atomic E-state index is 12.4. The van der Waals surface area contributed by atoms with E-state index in [4.69, 9.17) is 5.11 Å². The number of aliphatic hydroxyl groups is 1. The van der Waals surface area contributed by atoms with Crippen molar-refractivity contribution in [3.63, 3.8) is 0 Å². The molecule has 2 nitrogen and oxygen atoms in total. The second kappa shape index (κ2) is 4.68. The lowest BCUT2D eigenvalue weighted by molar-refractivity contribution is -0.459. The van der Waals surface area contributed by atoms with Gasteiger partial charge in [0.1, 0.15) is 0 Å². The molecule has 13 heteroatoms. The lowest BCUT2D eigenvalue weighted by Gasteiger charge is -2.33. The van der Waals surface area contributed by atoms with Gasteiger partial charge in [0.2, 0.25) is 0 Å². The van der Waals surface area contributed by atoms with Crippen molar-refractivity contribution in [3.8, 4) is 0 Å². The number of hydrogen-bond donors (Lipinski definition) is 1. The van der Waals surface area contributed by atoms with Gasteiger partial charge in [0.05, 0.1) is 0 Å². The maximum atomic E-state index is 12.4. The first-order valence-corrected chi connectivity index (χ1v) is 3.71. The van der Waals surface area contributed by atoms with Gasteiger partial charge in [-0.2, -0.15) is 48.3 Å². The van der Waals surface area contributed by atoms with Crippen LogP contribution in [-0.4, -0.2) is 29.2 Å². The quantitative estimate of drug-likeness (QED) is 0.636. The third-order valence-corrected chi connectivity index (χ3v) is 1.52. The molecule has 1 atom stereocenters. The third kappa shape index (κ3) is 3.01. The van der Waals surface area contributed by atoms with Crippen LogP contribution < -0.4 is 0 Å². The summed E-state index contributed by atoms with van der Waals surface area (Å²) >= 11 is 0. The van der Waals surface area contributed by atoms with Crippen molar-refractivity contribution in [3.05, 3.63) is 12.1 Å². The van der Waals surface area contributed by atoms with Gasteiger partial charge in [0, 0.05) is 0 Å². The molecule has 1 unspecified atom stereocenters. The fraction of sp³-hybridized carbons (Fsp3) is 0.667. The van der Waals surface area contributed by atoms with Crippen molar-refractivity contribution < 1.29 is 58.1 Å². The molecule has 0 aliphatic heterocycles. The molecule has 0 aromatic carbocycles. The zero-order valence-corrected chi connectivity index (χ0v) is 8.01. The van der Waals surface area contributed by atoms with Gasteiger partial charge in [-0.3, -0.25) is 0 Å². The molecule has 0 spiro atoms. The number of ether oxygens (including phenoxy) is 1. The minimum absolute atomic E-state index is 1.93. The van der Waals surface area contributed by atoms with Gasteiger partial charge in [-0.25, -0.2) is 0 Å². The van der Waals surface area contributed by atoms with Crippen LogP contribution in [0.2, 0.25) is 0 Å². The summed E-state index contributed by atoms with van der Waals surface area (Å²) in [5.74, 6) is -14.0. The first-order valence-electron chi connectivity index (χ1n) is 3.71. The van der Waals surface area contributed by atoms with E-state index in [1.165, 1.54) is 0 Å². The number of alkyl halides is 8. The Morgan fingerprint density at radius 2 is 1.16 bits per heavy atom. The van der Waals surface area contributed by atoms with Crippen molar-refractivity contribution in [2.75, 3.05) is 0 Å². The Bertz CT molecular complexity index is 364. The summed E-state index contributed by atoms with van der Waals surface area (Å²) < 4.78 is 133. The minimum atomic E-state index is -7.11. The molecule has 0 aliphatic rings. The zero-order valence-electron chi connectivity index (χ0n) is 8.01. The van der Waals surface area contributed by atoms with E-state index in [0.717, 1.165) is 0 Å². The van der Waals surface area contributed by atoms with E-state index in [1.807, 2.05) is 4.74 Å². The molecule has 0 heterocycles. The molecule has 1 N–H and O–H groups in total. The van der Waals surface area contributed by atoms with Crippen LogP contribution in [0.25, 0.3) is 0 Å². The highest BCUT2D eigenvalue weighted by molar-refractivity contribution is 4.98. The van der Waals surface area contributed by atoms with Gasteiger partial charge >= 0.3 is 36.2 Å². The SMILES string of the molecule is OC(F)(C(F)(F)F)C(F)(F)C(F)(F)OC(F)=C(F)F. The van der Waals surface area contributed by atoms with Crippen molar-refractivity contribution in [1.82, 2.24) is 0 Å². The summed E-state index contributed by atoms with van der Waals surface area (Å²) in [4.78, 5) is 0. The minimum Gasteiger partial charge on any atom is -0.397 e. The lowest BCUT2D eigenvalue weighted by atomic mass is 10.1. The molecule has 0 aromatic rings. The monoisotopic (exact) mass is 314 g/mol. The maximum Gasteiger partial charge on any atom is 0.472 e. The Morgan fingerprint density at radius 3 is 1.42 bits per heavy atom. The number of rotatable bonds is 4. The molecule has 0 aromatic heterocycles. The Morgan fingerprint density at radius 1 is 0.789 bits per heavy atom. The summed E-state index contributed by atoms with van der Waals surface area (Å²) in [6.07, 6.45) is -17.4. The topological polar surface area (TPSA) is 29.5 Å². The fourth-order valence-electron chi connectivity index (χ4n) is 0.586. The molecule has 0 bridgehead atoms. The average Bonchev–Trinajstić information content (AvgIpc) is 2.14. The zero-order chi connectivity index (χ0) is 15.9. The molecule has 0 radical (unpaired) electrons. The normalized spacial score (nSPS) is 16.8. The van der Waals surface area contributed by atoms with Crippen LogP contribution in [0.5, 0.6) is 0 Å². The molecule has 114 valence electrons. The fourth-order valence-corrected chi connectivity index (χ4v) is 0.586. The van der Waals surface area contributed by atoms with E-state index in [2.05, 4.69) is 0 Å². The van der Waals surface area contributed by atoms with Crippen molar-refractivity contribution in [2.24, 2.45) is 0 Å². The summed E-state index contributed by atoms with van der Waals surface area (Å²) in [7, 11) is 0. The summed E-state index contributed by atoms with van der Waals surface area (Å²) in [6.45, 7) is 0. The molecule has 0 aliphatic carbocycles. The first kappa shape index (κ1) is 17.7. The van der Waals surface area contributed by atoms with E-state index in [9.17, 15) is 48.3 Å². The largest absolute Gasteiger partial charge is 0.472 e. The predicted octanol–water partition coefficient (Wildman–Crippen LogP) is 3.49. The van der Waals surface area contributed by atoms with Gasteiger partial charge in [0.15, 0.2) is 0 Å². The molecular formula is C6HF11O2. The van der Waals surface area contributed by atoms with E-state index < -0.39 is 36.2 Å². The van der Waals surface area contributed by atoms with E-state index in [0.29, 0.717) is 0 Å². The van der Waals surface area contributed by atoms with Crippen molar-refractivity contribution >= 4 is 0 Å². The molecule has 0 amide bonds. The van der Waals surface area contributed by atoms with Crippen LogP contribution in [-0.2, 0) is 4.74 Å². The van der Waals surface area contributed by atoms with Crippen LogP contribution in [0, 0.1) is 0 Å². The molecular weight excluding hydrogens is 313 g/mol. The molecule has 0 rings (SSSR count). The van der Waals surface area contributed by atoms with Crippen molar-refractivity contribution in [2.45, 2.75) is 24.1 Å². The van der Waals surface area contributed by atoms with Crippen LogP contribution in [0.15, 0.2) is 12.1 Å². The standard InChI is InChI=1S/C6HF11O2/c7-1(8)2(9)19-6(16,17)3(10,11)4(12,18)5(13,14)15/h18H. The van der Waals surface area contributed by atoms with Crippen LogP contribution in [0.4, 0.5) is 48.3 Å². The molecule has 0 saturated carbocycles. The molecule has 19 heavy (non-hydrogen) atoms. The van der Waals surface area contributed by atoms with Crippen LogP contribution >= 0.6 is 0 Å². The highest BCUT2D eigenvalue weighted by Crippen LogP contribution is 2.51. The van der Waals surface area contributed by atoms with Gasteiger partial charge in [0.25, 0.3) is 0 Å². The van der Waals surface area contributed by atoms with Gasteiger partial charge in [-0.1, -0.05) is 0 Å². The average molecular weight is 314 g/mol. The highest BCUT2D eigenvalue weighted by atomic mass is 19.4. The summed E-state index contributed by atoms with van der Waals surface area (Å²) in [5.41, 5.74) is 0. The van der Waals surface area contributed by atoms with Gasteiger partial charge in [-0.15, -0.1) is 0 Å². The smallest absolute Gasteiger partial charge is 0.397 e. The van der Waals surface area contributed by atoms with Gasteiger partial charge < -0.3 is 9.84 Å². The number of halogens is 11. The lowest BCUT2D eigenvalue weighted by Crippen LogP contribution is -2.64. The Labute approximate surface area is 95.6 Å². The Hall–Kier alpha value is -1.27. The molecule has 0 saturated heterocycles. The summed E-state index contributed by atoms with van der Waals surface area (Å²) in [5, 5.41) is 7.74. The first-order chi connectivity index (χ1) is 8.08. The molecule has 0 fully saturated rings. The third-order valence-electron chi connectivity index (χ3n) is 1.52. The Balaban J connectivity index is 5.59. The van der Waals surface area contributed by atoms with Crippen molar-refractivity contribution in [1.29, 1.82) is 0 Å². The van der Waals surface area contributed by atoms with E-state index in [-0.39, 0.29) is 0 Å². The highest BCUT2D eigenvalue weighted by Gasteiger charge is 2.82. The van der Waals surface area contributed by atoms with E-state index in [1.54, 1.807) is 0 Å². The second-order valence-electron chi connectivity index (χ2n) is 2.85. The summed E-state index contributed by atoms with van der Waals surface area (Å²) in [6, 6.07) is -3.66. The van der Waals surface area contributed by atoms with Crippen LogP contribution in [0.3, 0.4) is 0 Å². The van der Waals surface area contributed by atoms with Crippen LogP contribution in [0.1, 0.15) is 0 Å². The second-order valence-corrected chi connectivity index (χ2v) is 2.85. The van der Waals surface area contributed by atoms with Gasteiger partial charge in [-0.05, 0) is 0 Å². The number of hydrogen-bond acceptors (Lipinski definition) is 2.